The van der Waals surface area contributed by atoms with Gasteiger partial charge in [0.15, 0.2) is 5.65 Å². The van der Waals surface area contributed by atoms with E-state index in [2.05, 4.69) is 10.00 Å². The zero-order chi connectivity index (χ0) is 18.9. The molecule has 1 saturated heterocycles. The zero-order valence-corrected chi connectivity index (χ0v) is 16.6. The average molecular weight is 398 g/mol. The predicted molar refractivity (Wildman–Crippen MR) is 111 cm³/mol. The van der Waals surface area contributed by atoms with Crippen molar-refractivity contribution in [1.82, 2.24) is 19.7 Å². The van der Waals surface area contributed by atoms with Gasteiger partial charge in [-0.25, -0.2) is 14.6 Å². The number of hydrogen-bond donors (Lipinski definition) is 0. The fourth-order valence-corrected chi connectivity index (χ4v) is 4.48. The fraction of sp³-hybridized carbons (Fsp3) is 0.476. The molecule has 146 valence electrons. The van der Waals surface area contributed by atoms with Gasteiger partial charge in [-0.2, -0.15) is 5.10 Å². The number of ether oxygens (including phenoxy) is 1. The summed E-state index contributed by atoms with van der Waals surface area (Å²) in [5.41, 5.74) is 1.69. The SMILES string of the molecule is Clc1ccccc1-n1ncc2c(N3CCOCC3)nc(C3CCCCC3)nc21. The van der Waals surface area contributed by atoms with Crippen molar-refractivity contribution < 1.29 is 4.74 Å². The molecule has 1 aliphatic heterocycles. The largest absolute Gasteiger partial charge is 0.378 e. The summed E-state index contributed by atoms with van der Waals surface area (Å²) in [6.45, 7) is 3.13. The summed E-state index contributed by atoms with van der Waals surface area (Å²) >= 11 is 6.46. The molecule has 1 saturated carbocycles. The van der Waals surface area contributed by atoms with Crippen molar-refractivity contribution in [2.75, 3.05) is 31.2 Å². The molecule has 0 N–H and O–H groups in total. The molecule has 0 spiro atoms. The Bertz CT molecular complexity index is 976. The Morgan fingerprint density at radius 2 is 1.79 bits per heavy atom. The molecule has 2 aromatic heterocycles. The monoisotopic (exact) mass is 397 g/mol. The van der Waals surface area contributed by atoms with Crippen LogP contribution in [-0.2, 0) is 4.74 Å². The molecule has 2 aliphatic rings. The number of halogens is 1. The van der Waals surface area contributed by atoms with E-state index in [0.717, 1.165) is 67.5 Å². The Morgan fingerprint density at radius 1 is 1.00 bits per heavy atom. The molecule has 0 radical (unpaired) electrons. The first-order valence-electron chi connectivity index (χ1n) is 10.1. The van der Waals surface area contributed by atoms with Crippen LogP contribution in [-0.4, -0.2) is 46.1 Å². The number of nitrogens with zero attached hydrogens (tertiary/aromatic N) is 5. The summed E-state index contributed by atoms with van der Waals surface area (Å²) in [5, 5.41) is 6.28. The molecule has 1 aliphatic carbocycles. The summed E-state index contributed by atoms with van der Waals surface area (Å²) in [5.74, 6) is 2.35. The third kappa shape index (κ3) is 3.25. The maximum absolute atomic E-state index is 6.46. The van der Waals surface area contributed by atoms with Crippen LogP contribution in [0.1, 0.15) is 43.8 Å². The van der Waals surface area contributed by atoms with Gasteiger partial charge in [0.05, 0.1) is 35.5 Å². The van der Waals surface area contributed by atoms with Crippen molar-refractivity contribution in [3.63, 3.8) is 0 Å². The molecule has 7 heteroatoms. The van der Waals surface area contributed by atoms with Gasteiger partial charge in [0.1, 0.15) is 11.6 Å². The number of fused-ring (bicyclic) bond motifs is 1. The first-order valence-corrected chi connectivity index (χ1v) is 10.5. The molecule has 2 fully saturated rings. The smallest absolute Gasteiger partial charge is 0.168 e. The van der Waals surface area contributed by atoms with E-state index in [-0.39, 0.29) is 0 Å². The number of benzene rings is 1. The van der Waals surface area contributed by atoms with E-state index in [9.17, 15) is 0 Å². The second-order valence-electron chi connectivity index (χ2n) is 7.58. The lowest BCUT2D eigenvalue weighted by Gasteiger charge is -2.29. The number of morpholine rings is 1. The van der Waals surface area contributed by atoms with Crippen molar-refractivity contribution in [1.29, 1.82) is 0 Å². The summed E-state index contributed by atoms with van der Waals surface area (Å²) < 4.78 is 7.40. The molecule has 1 aromatic carbocycles. The van der Waals surface area contributed by atoms with Crippen molar-refractivity contribution in [2.24, 2.45) is 0 Å². The molecular weight excluding hydrogens is 374 g/mol. The highest BCUT2D eigenvalue weighted by Gasteiger charge is 2.25. The Balaban J connectivity index is 1.68. The summed E-state index contributed by atoms with van der Waals surface area (Å²) in [4.78, 5) is 12.4. The third-order valence-electron chi connectivity index (χ3n) is 5.79. The Morgan fingerprint density at radius 3 is 2.57 bits per heavy atom. The number of aromatic nitrogens is 4. The van der Waals surface area contributed by atoms with Gasteiger partial charge in [0.25, 0.3) is 0 Å². The van der Waals surface area contributed by atoms with Crippen molar-refractivity contribution in [3.8, 4) is 5.69 Å². The highest BCUT2D eigenvalue weighted by molar-refractivity contribution is 6.32. The zero-order valence-electron chi connectivity index (χ0n) is 15.9. The highest BCUT2D eigenvalue weighted by Crippen LogP contribution is 2.35. The van der Waals surface area contributed by atoms with Gasteiger partial charge in [-0.1, -0.05) is 43.0 Å². The minimum absolute atomic E-state index is 0.424. The second kappa shape index (κ2) is 7.68. The standard InChI is InChI=1S/C21H24ClN5O/c22-17-8-4-5-9-18(17)27-21-16(14-23-27)20(26-10-12-28-13-11-26)24-19(25-21)15-6-2-1-3-7-15/h4-5,8-9,14-15H,1-3,6-7,10-13H2. The lowest BCUT2D eigenvalue weighted by atomic mass is 9.88. The van der Waals surface area contributed by atoms with E-state index in [1.165, 1.54) is 19.3 Å². The van der Waals surface area contributed by atoms with Crippen LogP contribution in [0, 0.1) is 0 Å². The van der Waals surface area contributed by atoms with Crippen LogP contribution >= 0.6 is 11.6 Å². The van der Waals surface area contributed by atoms with Gasteiger partial charge in [-0.15, -0.1) is 0 Å². The molecule has 0 atom stereocenters. The first kappa shape index (κ1) is 17.9. The maximum Gasteiger partial charge on any atom is 0.168 e. The van der Waals surface area contributed by atoms with Gasteiger partial charge in [-0.05, 0) is 25.0 Å². The van der Waals surface area contributed by atoms with E-state index >= 15 is 0 Å². The molecule has 28 heavy (non-hydrogen) atoms. The van der Waals surface area contributed by atoms with Crippen molar-refractivity contribution in [2.45, 2.75) is 38.0 Å². The van der Waals surface area contributed by atoms with Crippen molar-refractivity contribution >= 4 is 28.5 Å². The highest BCUT2D eigenvalue weighted by atomic mass is 35.5. The normalized spacial score (nSPS) is 18.7. The van der Waals surface area contributed by atoms with E-state index in [0.29, 0.717) is 10.9 Å². The van der Waals surface area contributed by atoms with Crippen LogP contribution in [0.3, 0.4) is 0 Å². The Labute approximate surface area is 169 Å². The number of rotatable bonds is 3. The van der Waals surface area contributed by atoms with Crippen LogP contribution in [0.25, 0.3) is 16.7 Å². The molecule has 3 aromatic rings. The summed E-state index contributed by atoms with van der Waals surface area (Å²) in [6, 6.07) is 7.77. The Hall–Kier alpha value is -2.18. The minimum Gasteiger partial charge on any atom is -0.378 e. The molecule has 0 amide bonds. The van der Waals surface area contributed by atoms with Crippen molar-refractivity contribution in [3.05, 3.63) is 41.3 Å². The second-order valence-corrected chi connectivity index (χ2v) is 7.99. The third-order valence-corrected chi connectivity index (χ3v) is 6.11. The van der Waals surface area contributed by atoms with Gasteiger partial charge in [0, 0.05) is 19.0 Å². The van der Waals surface area contributed by atoms with Crippen LogP contribution < -0.4 is 4.90 Å². The van der Waals surface area contributed by atoms with Gasteiger partial charge in [-0.3, -0.25) is 0 Å². The Kier molecular flexibility index (Phi) is 4.91. The minimum atomic E-state index is 0.424. The number of anilines is 1. The average Bonchev–Trinajstić information content (AvgIpc) is 3.18. The summed E-state index contributed by atoms with van der Waals surface area (Å²) in [6.07, 6.45) is 8.01. The molecule has 0 unspecified atom stereocenters. The quantitative estimate of drug-likeness (QED) is 0.657. The molecular formula is C21H24ClN5O. The molecule has 6 nitrogen and oxygen atoms in total. The van der Waals surface area contributed by atoms with E-state index in [1.807, 2.05) is 35.1 Å². The van der Waals surface area contributed by atoms with E-state index in [4.69, 9.17) is 26.3 Å². The maximum atomic E-state index is 6.46. The molecule has 5 rings (SSSR count). The van der Waals surface area contributed by atoms with Crippen LogP contribution in [0.5, 0.6) is 0 Å². The topological polar surface area (TPSA) is 56.1 Å². The lowest BCUT2D eigenvalue weighted by molar-refractivity contribution is 0.122. The van der Waals surface area contributed by atoms with Crippen LogP contribution in [0.15, 0.2) is 30.5 Å². The molecule has 3 heterocycles. The van der Waals surface area contributed by atoms with Gasteiger partial charge < -0.3 is 9.64 Å². The first-order chi connectivity index (χ1) is 13.8. The number of para-hydroxylation sites is 1. The van der Waals surface area contributed by atoms with Crippen LogP contribution in [0.2, 0.25) is 5.02 Å². The lowest BCUT2D eigenvalue weighted by Crippen LogP contribution is -2.37. The van der Waals surface area contributed by atoms with E-state index < -0.39 is 0 Å². The van der Waals surface area contributed by atoms with E-state index in [1.54, 1.807) is 0 Å². The van der Waals surface area contributed by atoms with Gasteiger partial charge in [0.2, 0.25) is 0 Å². The van der Waals surface area contributed by atoms with Crippen LogP contribution in [0.4, 0.5) is 5.82 Å². The fourth-order valence-electron chi connectivity index (χ4n) is 4.27. The predicted octanol–water partition coefficient (Wildman–Crippen LogP) is 4.35. The number of hydrogen-bond acceptors (Lipinski definition) is 5. The summed E-state index contributed by atoms with van der Waals surface area (Å²) in [7, 11) is 0. The van der Waals surface area contributed by atoms with Gasteiger partial charge >= 0.3 is 0 Å². The molecule has 0 bridgehead atoms.